The minimum Gasteiger partial charge on any atom is -0.371 e. The molecule has 0 spiro atoms. The Kier molecular flexibility index (Phi) is 4.76. The van der Waals surface area contributed by atoms with Crippen LogP contribution in [0.1, 0.15) is 25.3 Å². The summed E-state index contributed by atoms with van der Waals surface area (Å²) in [5.41, 5.74) is 0. The molecule has 1 unspecified atom stereocenters. The maximum absolute atomic E-state index is 11.7. The van der Waals surface area contributed by atoms with E-state index in [1.165, 1.54) is 11.3 Å². The molecule has 1 atom stereocenters. The van der Waals surface area contributed by atoms with Crippen LogP contribution in [-0.2, 0) is 16.0 Å². The van der Waals surface area contributed by atoms with Crippen molar-refractivity contribution in [3.63, 3.8) is 0 Å². The van der Waals surface area contributed by atoms with Gasteiger partial charge in [-0.05, 0) is 13.3 Å². The first-order chi connectivity index (χ1) is 6.77. The second-order valence-electron chi connectivity index (χ2n) is 2.92. The van der Waals surface area contributed by atoms with Crippen molar-refractivity contribution in [1.82, 2.24) is 4.98 Å². The lowest BCUT2D eigenvalue weighted by Gasteiger charge is -2.12. The first kappa shape index (κ1) is 11.3. The maximum atomic E-state index is 11.7. The lowest BCUT2D eigenvalue weighted by Crippen LogP contribution is -2.25. The Morgan fingerprint density at radius 2 is 2.43 bits per heavy atom. The predicted octanol–water partition coefficient (Wildman–Crippen LogP) is 2.07. The number of hydrogen-bond acceptors (Lipinski definition) is 4. The molecule has 0 amide bonds. The zero-order valence-electron chi connectivity index (χ0n) is 8.53. The summed E-state index contributed by atoms with van der Waals surface area (Å²) in [6.07, 6.45) is 2.59. The highest BCUT2D eigenvalue weighted by molar-refractivity contribution is 7.09. The van der Waals surface area contributed by atoms with Crippen LogP contribution in [-0.4, -0.2) is 23.5 Å². The van der Waals surface area contributed by atoms with Crippen LogP contribution in [0, 0.1) is 0 Å². The van der Waals surface area contributed by atoms with Gasteiger partial charge in [-0.25, -0.2) is 4.98 Å². The van der Waals surface area contributed by atoms with E-state index in [2.05, 4.69) is 4.98 Å². The molecular weight excluding hydrogens is 198 g/mol. The van der Waals surface area contributed by atoms with Crippen LogP contribution in [0.4, 0.5) is 0 Å². The molecule has 0 fully saturated rings. The zero-order valence-corrected chi connectivity index (χ0v) is 9.34. The van der Waals surface area contributed by atoms with E-state index in [4.69, 9.17) is 4.74 Å². The molecule has 0 aliphatic heterocycles. The number of carbonyl (C=O) groups excluding carboxylic acids is 1. The normalized spacial score (nSPS) is 12.7. The molecule has 14 heavy (non-hydrogen) atoms. The number of carbonyl (C=O) groups is 1. The summed E-state index contributed by atoms with van der Waals surface area (Å²) in [6, 6.07) is 0. The maximum Gasteiger partial charge on any atom is 0.168 e. The number of ether oxygens (including phenoxy) is 1. The zero-order chi connectivity index (χ0) is 10.4. The lowest BCUT2D eigenvalue weighted by atomic mass is 10.1. The van der Waals surface area contributed by atoms with Gasteiger partial charge in [0.2, 0.25) is 0 Å². The Balaban J connectivity index is 2.47. The van der Waals surface area contributed by atoms with Crippen LogP contribution >= 0.6 is 11.3 Å². The summed E-state index contributed by atoms with van der Waals surface area (Å²) in [5, 5.41) is 2.75. The SMILES string of the molecule is CCOC(CC)C(=O)Cc1nccs1. The monoisotopic (exact) mass is 213 g/mol. The van der Waals surface area contributed by atoms with Crippen LogP contribution in [0.2, 0.25) is 0 Å². The topological polar surface area (TPSA) is 39.2 Å². The van der Waals surface area contributed by atoms with Crippen LogP contribution in [0.5, 0.6) is 0 Å². The highest BCUT2D eigenvalue weighted by Crippen LogP contribution is 2.09. The minimum absolute atomic E-state index is 0.129. The number of nitrogens with zero attached hydrogens (tertiary/aromatic N) is 1. The van der Waals surface area contributed by atoms with Crippen LogP contribution in [0.15, 0.2) is 11.6 Å². The largest absolute Gasteiger partial charge is 0.371 e. The second-order valence-corrected chi connectivity index (χ2v) is 3.90. The molecule has 1 rings (SSSR count). The number of hydrogen-bond donors (Lipinski definition) is 0. The summed E-state index contributed by atoms with van der Waals surface area (Å²) in [7, 11) is 0. The van der Waals surface area contributed by atoms with E-state index in [1.807, 2.05) is 19.2 Å². The van der Waals surface area contributed by atoms with Crippen molar-refractivity contribution in [2.75, 3.05) is 6.61 Å². The fourth-order valence-corrected chi connectivity index (χ4v) is 1.87. The summed E-state index contributed by atoms with van der Waals surface area (Å²) in [5.74, 6) is 0.129. The fraction of sp³-hybridized carbons (Fsp3) is 0.600. The molecule has 1 heterocycles. The van der Waals surface area contributed by atoms with Crippen molar-refractivity contribution in [1.29, 1.82) is 0 Å². The van der Waals surface area contributed by atoms with Gasteiger partial charge in [0.25, 0.3) is 0 Å². The van der Waals surface area contributed by atoms with Gasteiger partial charge in [-0.15, -0.1) is 11.3 Å². The summed E-state index contributed by atoms with van der Waals surface area (Å²) in [4.78, 5) is 15.7. The van der Waals surface area contributed by atoms with Crippen molar-refractivity contribution in [2.45, 2.75) is 32.8 Å². The average Bonchev–Trinajstić information content (AvgIpc) is 2.66. The lowest BCUT2D eigenvalue weighted by molar-refractivity contribution is -0.129. The molecule has 0 aliphatic rings. The third-order valence-corrected chi connectivity index (χ3v) is 2.69. The second kappa shape index (κ2) is 5.88. The summed E-state index contributed by atoms with van der Waals surface area (Å²) in [6.45, 7) is 4.45. The summed E-state index contributed by atoms with van der Waals surface area (Å²) >= 11 is 1.51. The van der Waals surface area contributed by atoms with Crippen LogP contribution in [0.3, 0.4) is 0 Å². The molecule has 1 aromatic heterocycles. The molecule has 0 saturated carbocycles. The number of rotatable bonds is 6. The van der Waals surface area contributed by atoms with E-state index in [9.17, 15) is 4.79 Å². The molecule has 0 N–H and O–H groups in total. The van der Waals surface area contributed by atoms with E-state index < -0.39 is 0 Å². The molecule has 0 aromatic carbocycles. The van der Waals surface area contributed by atoms with Gasteiger partial charge in [-0.2, -0.15) is 0 Å². The average molecular weight is 213 g/mol. The number of ketones is 1. The molecule has 1 aromatic rings. The van der Waals surface area contributed by atoms with Crippen molar-refractivity contribution >= 4 is 17.1 Å². The highest BCUT2D eigenvalue weighted by atomic mass is 32.1. The van der Waals surface area contributed by atoms with Crippen molar-refractivity contribution in [3.05, 3.63) is 16.6 Å². The third kappa shape index (κ3) is 3.20. The minimum atomic E-state index is -0.260. The first-order valence-electron chi connectivity index (χ1n) is 4.80. The molecular formula is C10H15NO2S. The number of aromatic nitrogens is 1. The predicted molar refractivity (Wildman–Crippen MR) is 56.5 cm³/mol. The number of thiazole rings is 1. The van der Waals surface area contributed by atoms with E-state index in [0.717, 1.165) is 11.4 Å². The van der Waals surface area contributed by atoms with E-state index in [-0.39, 0.29) is 11.9 Å². The third-order valence-electron chi connectivity index (χ3n) is 1.91. The van der Waals surface area contributed by atoms with Gasteiger partial charge in [0.1, 0.15) is 6.10 Å². The van der Waals surface area contributed by atoms with E-state index in [1.54, 1.807) is 6.20 Å². The quantitative estimate of drug-likeness (QED) is 0.726. The van der Waals surface area contributed by atoms with Gasteiger partial charge < -0.3 is 4.74 Å². The Hall–Kier alpha value is -0.740. The van der Waals surface area contributed by atoms with E-state index >= 15 is 0 Å². The van der Waals surface area contributed by atoms with Gasteiger partial charge in [0, 0.05) is 18.2 Å². The standard InChI is InChI=1S/C10H15NO2S/c1-3-9(13-4-2)8(12)7-10-11-5-6-14-10/h5-6,9H,3-4,7H2,1-2H3. The smallest absolute Gasteiger partial charge is 0.168 e. The molecule has 3 nitrogen and oxygen atoms in total. The first-order valence-corrected chi connectivity index (χ1v) is 5.68. The van der Waals surface area contributed by atoms with Crippen molar-refractivity contribution in [3.8, 4) is 0 Å². The van der Waals surface area contributed by atoms with Gasteiger partial charge in [-0.3, -0.25) is 4.79 Å². The van der Waals surface area contributed by atoms with Gasteiger partial charge in [-0.1, -0.05) is 6.92 Å². The summed E-state index contributed by atoms with van der Waals surface area (Å²) < 4.78 is 5.33. The van der Waals surface area contributed by atoms with Crippen LogP contribution < -0.4 is 0 Å². The number of Topliss-reactive ketones (excluding diaryl/α,β-unsaturated/α-hetero) is 1. The van der Waals surface area contributed by atoms with Crippen molar-refractivity contribution in [2.24, 2.45) is 0 Å². The Morgan fingerprint density at radius 1 is 1.64 bits per heavy atom. The van der Waals surface area contributed by atoms with E-state index in [0.29, 0.717) is 13.0 Å². The molecule has 0 aliphatic carbocycles. The molecule has 0 saturated heterocycles. The fourth-order valence-electron chi connectivity index (χ4n) is 1.24. The van der Waals surface area contributed by atoms with Crippen molar-refractivity contribution < 1.29 is 9.53 Å². The Labute approximate surface area is 88.1 Å². The molecule has 78 valence electrons. The highest BCUT2D eigenvalue weighted by Gasteiger charge is 2.17. The van der Waals surface area contributed by atoms with Crippen LogP contribution in [0.25, 0.3) is 0 Å². The molecule has 0 bridgehead atoms. The van der Waals surface area contributed by atoms with Gasteiger partial charge in [0.15, 0.2) is 5.78 Å². The van der Waals surface area contributed by atoms with Gasteiger partial charge in [0.05, 0.1) is 11.4 Å². The Bertz CT molecular complexity index is 272. The Morgan fingerprint density at radius 3 is 2.93 bits per heavy atom. The molecule has 0 radical (unpaired) electrons. The van der Waals surface area contributed by atoms with Gasteiger partial charge >= 0.3 is 0 Å². The molecule has 4 heteroatoms.